The Bertz CT molecular complexity index is 448. The molecule has 0 aromatic carbocycles. The summed E-state index contributed by atoms with van der Waals surface area (Å²) in [5.74, 6) is 0.804. The smallest absolute Gasteiger partial charge is 0.133 e. The maximum absolute atomic E-state index is 5.43. The number of rotatable bonds is 5. The quantitative estimate of drug-likeness (QED) is 0.795. The minimum atomic E-state index is 0.590. The van der Waals surface area contributed by atoms with E-state index in [9.17, 15) is 0 Å². The first-order chi connectivity index (χ1) is 7.78. The molecule has 0 unspecified atom stereocenters. The fourth-order valence-electron chi connectivity index (χ4n) is 1.47. The summed E-state index contributed by atoms with van der Waals surface area (Å²) in [6, 6.07) is 1.89. The largest absolute Gasteiger partial charge is 0.361 e. The number of aromatic nitrogens is 4. The number of nitrogens with two attached hydrogens (primary N) is 1. The maximum atomic E-state index is 5.43. The predicted octanol–water partition coefficient (Wildman–Crippen LogP) is 0.514. The molecule has 0 radical (unpaired) electrons. The lowest BCUT2D eigenvalue weighted by Gasteiger charge is -1.93. The third-order valence-corrected chi connectivity index (χ3v) is 2.22. The Morgan fingerprint density at radius 1 is 1.44 bits per heavy atom. The summed E-state index contributed by atoms with van der Waals surface area (Å²) in [4.78, 5) is 0. The number of aryl methyl sites for hydroxylation is 2. The van der Waals surface area contributed by atoms with Crippen LogP contribution in [0.3, 0.4) is 0 Å². The standard InChI is InChI=1S/C10H15N5O/c1-8-5-10(13-16-8)7-15-6-9(12-14-15)3-2-4-11/h5-6H,2-4,7,11H2,1H3. The van der Waals surface area contributed by atoms with E-state index >= 15 is 0 Å². The van der Waals surface area contributed by atoms with E-state index in [1.54, 1.807) is 4.68 Å². The molecule has 2 aromatic rings. The normalized spacial score (nSPS) is 10.9. The van der Waals surface area contributed by atoms with Gasteiger partial charge in [0.25, 0.3) is 0 Å². The van der Waals surface area contributed by atoms with Crippen molar-refractivity contribution >= 4 is 0 Å². The summed E-state index contributed by atoms with van der Waals surface area (Å²) in [5.41, 5.74) is 7.25. The molecule has 0 bridgehead atoms. The van der Waals surface area contributed by atoms with E-state index in [-0.39, 0.29) is 0 Å². The summed E-state index contributed by atoms with van der Waals surface area (Å²) in [7, 11) is 0. The summed E-state index contributed by atoms with van der Waals surface area (Å²) in [6.45, 7) is 3.13. The molecule has 0 saturated heterocycles. The van der Waals surface area contributed by atoms with E-state index < -0.39 is 0 Å². The van der Waals surface area contributed by atoms with Crippen LogP contribution in [0.5, 0.6) is 0 Å². The molecule has 6 nitrogen and oxygen atoms in total. The highest BCUT2D eigenvalue weighted by Gasteiger charge is 2.04. The second-order valence-electron chi connectivity index (χ2n) is 3.73. The monoisotopic (exact) mass is 221 g/mol. The van der Waals surface area contributed by atoms with Gasteiger partial charge < -0.3 is 10.3 Å². The molecule has 0 amide bonds. The molecular formula is C10H15N5O. The Morgan fingerprint density at radius 3 is 3.00 bits per heavy atom. The van der Waals surface area contributed by atoms with Crippen molar-refractivity contribution in [3.63, 3.8) is 0 Å². The van der Waals surface area contributed by atoms with Crippen LogP contribution in [0.2, 0.25) is 0 Å². The van der Waals surface area contributed by atoms with Crippen molar-refractivity contribution in [3.05, 3.63) is 29.4 Å². The lowest BCUT2D eigenvalue weighted by molar-refractivity contribution is 0.387. The topological polar surface area (TPSA) is 82.8 Å². The van der Waals surface area contributed by atoms with Gasteiger partial charge in [0.2, 0.25) is 0 Å². The van der Waals surface area contributed by atoms with E-state index in [1.807, 2.05) is 19.2 Å². The van der Waals surface area contributed by atoms with Crippen molar-refractivity contribution in [2.24, 2.45) is 5.73 Å². The van der Waals surface area contributed by atoms with Crippen molar-refractivity contribution in [2.75, 3.05) is 6.54 Å². The first kappa shape index (κ1) is 10.8. The molecule has 2 N–H and O–H groups in total. The summed E-state index contributed by atoms with van der Waals surface area (Å²) in [6.07, 6.45) is 3.72. The van der Waals surface area contributed by atoms with Crippen molar-refractivity contribution in [2.45, 2.75) is 26.3 Å². The average Bonchev–Trinajstić information content (AvgIpc) is 2.86. The molecule has 0 aliphatic carbocycles. The van der Waals surface area contributed by atoms with Crippen LogP contribution in [0.4, 0.5) is 0 Å². The van der Waals surface area contributed by atoms with Crippen LogP contribution in [0.1, 0.15) is 23.6 Å². The Hall–Kier alpha value is -1.69. The Labute approximate surface area is 93.4 Å². The third-order valence-electron chi connectivity index (χ3n) is 2.22. The first-order valence-corrected chi connectivity index (χ1v) is 5.29. The molecule has 2 heterocycles. The van der Waals surface area contributed by atoms with E-state index in [0.29, 0.717) is 13.1 Å². The molecule has 0 atom stereocenters. The minimum absolute atomic E-state index is 0.590. The van der Waals surface area contributed by atoms with Crippen molar-refractivity contribution in [3.8, 4) is 0 Å². The van der Waals surface area contributed by atoms with Crippen LogP contribution in [-0.2, 0) is 13.0 Å². The van der Waals surface area contributed by atoms with Gasteiger partial charge in [-0.1, -0.05) is 10.4 Å². The number of hydrogen-bond donors (Lipinski definition) is 1. The Kier molecular flexibility index (Phi) is 3.31. The average molecular weight is 221 g/mol. The van der Waals surface area contributed by atoms with Gasteiger partial charge in [-0.15, -0.1) is 5.10 Å². The number of nitrogens with zero attached hydrogens (tertiary/aromatic N) is 4. The highest BCUT2D eigenvalue weighted by Crippen LogP contribution is 2.04. The molecule has 0 saturated carbocycles. The van der Waals surface area contributed by atoms with Crippen LogP contribution in [-0.4, -0.2) is 26.7 Å². The minimum Gasteiger partial charge on any atom is -0.361 e. The van der Waals surface area contributed by atoms with Crippen molar-refractivity contribution < 1.29 is 4.52 Å². The zero-order valence-electron chi connectivity index (χ0n) is 9.26. The zero-order valence-corrected chi connectivity index (χ0v) is 9.26. The maximum Gasteiger partial charge on any atom is 0.133 e. The Morgan fingerprint density at radius 2 is 2.31 bits per heavy atom. The second kappa shape index (κ2) is 4.89. The van der Waals surface area contributed by atoms with E-state index in [4.69, 9.17) is 10.3 Å². The van der Waals surface area contributed by atoms with Crippen LogP contribution >= 0.6 is 0 Å². The highest BCUT2D eigenvalue weighted by molar-refractivity contribution is 5.04. The van der Waals surface area contributed by atoms with Gasteiger partial charge in [-0.25, -0.2) is 4.68 Å². The van der Waals surface area contributed by atoms with Gasteiger partial charge in [-0.2, -0.15) is 0 Å². The molecular weight excluding hydrogens is 206 g/mol. The fraction of sp³-hybridized carbons (Fsp3) is 0.500. The molecule has 0 aliphatic heterocycles. The molecule has 0 fully saturated rings. The molecule has 0 aliphatic rings. The van der Waals surface area contributed by atoms with Gasteiger partial charge >= 0.3 is 0 Å². The molecule has 16 heavy (non-hydrogen) atoms. The lowest BCUT2D eigenvalue weighted by atomic mass is 10.2. The first-order valence-electron chi connectivity index (χ1n) is 5.29. The third kappa shape index (κ3) is 2.66. The summed E-state index contributed by atoms with van der Waals surface area (Å²) in [5, 5.41) is 12.0. The summed E-state index contributed by atoms with van der Waals surface area (Å²) >= 11 is 0. The second-order valence-corrected chi connectivity index (χ2v) is 3.73. The molecule has 2 rings (SSSR count). The van der Waals surface area contributed by atoms with Crippen LogP contribution in [0.25, 0.3) is 0 Å². The number of hydrogen-bond acceptors (Lipinski definition) is 5. The summed E-state index contributed by atoms with van der Waals surface area (Å²) < 4.78 is 6.73. The molecule has 0 spiro atoms. The van der Waals surface area contributed by atoms with E-state index in [2.05, 4.69) is 15.5 Å². The lowest BCUT2D eigenvalue weighted by Crippen LogP contribution is -2.01. The molecule has 86 valence electrons. The van der Waals surface area contributed by atoms with Crippen molar-refractivity contribution in [1.29, 1.82) is 0 Å². The van der Waals surface area contributed by atoms with Crippen LogP contribution < -0.4 is 5.73 Å². The molecule has 2 aromatic heterocycles. The van der Waals surface area contributed by atoms with Gasteiger partial charge in [-0.05, 0) is 26.3 Å². The highest BCUT2D eigenvalue weighted by atomic mass is 16.5. The van der Waals surface area contributed by atoms with Gasteiger partial charge in [-0.3, -0.25) is 0 Å². The van der Waals surface area contributed by atoms with Gasteiger partial charge in [0.05, 0.1) is 12.2 Å². The van der Waals surface area contributed by atoms with Gasteiger partial charge in [0.1, 0.15) is 11.5 Å². The van der Waals surface area contributed by atoms with Gasteiger partial charge in [0, 0.05) is 12.3 Å². The van der Waals surface area contributed by atoms with E-state index in [0.717, 1.165) is 30.0 Å². The Balaban J connectivity index is 1.97. The van der Waals surface area contributed by atoms with Crippen molar-refractivity contribution in [1.82, 2.24) is 20.2 Å². The SMILES string of the molecule is Cc1cc(Cn2cc(CCCN)nn2)no1. The fourth-order valence-corrected chi connectivity index (χ4v) is 1.47. The van der Waals surface area contributed by atoms with Gasteiger partial charge in [0.15, 0.2) is 0 Å². The van der Waals surface area contributed by atoms with Crippen LogP contribution in [0, 0.1) is 6.92 Å². The molecule has 6 heteroatoms. The zero-order chi connectivity index (χ0) is 11.4. The van der Waals surface area contributed by atoms with Crippen LogP contribution in [0.15, 0.2) is 16.8 Å². The van der Waals surface area contributed by atoms with E-state index in [1.165, 1.54) is 0 Å². The predicted molar refractivity (Wildman–Crippen MR) is 57.7 cm³/mol.